The number of benzene rings is 1. The lowest BCUT2D eigenvalue weighted by Gasteiger charge is -2.07. The van der Waals surface area contributed by atoms with Crippen LogP contribution >= 0.6 is 0 Å². The van der Waals surface area contributed by atoms with Crippen molar-refractivity contribution in [3.05, 3.63) is 54.1 Å². The summed E-state index contributed by atoms with van der Waals surface area (Å²) < 4.78 is 5.39. The Labute approximate surface area is 84.7 Å². The van der Waals surface area contributed by atoms with Gasteiger partial charge < -0.3 is 4.74 Å². The minimum absolute atomic E-state index is 0.450. The van der Waals surface area contributed by atoms with E-state index in [1.54, 1.807) is 0 Å². The van der Waals surface area contributed by atoms with Crippen LogP contribution in [0.15, 0.2) is 48.6 Å². The van der Waals surface area contributed by atoms with Crippen LogP contribution in [0.3, 0.4) is 0 Å². The van der Waals surface area contributed by atoms with E-state index in [0.29, 0.717) is 5.92 Å². The van der Waals surface area contributed by atoms with E-state index in [1.165, 1.54) is 5.56 Å². The molecule has 0 aromatic heterocycles. The van der Waals surface area contributed by atoms with Crippen molar-refractivity contribution in [2.24, 2.45) is 0 Å². The molecule has 0 aliphatic heterocycles. The average molecular weight is 186 g/mol. The first-order valence-corrected chi connectivity index (χ1v) is 4.98. The molecule has 0 N–H and O–H groups in total. The van der Waals surface area contributed by atoms with Crippen LogP contribution in [0.25, 0.3) is 0 Å². The van der Waals surface area contributed by atoms with E-state index in [4.69, 9.17) is 4.74 Å². The zero-order valence-electron chi connectivity index (χ0n) is 8.31. The van der Waals surface area contributed by atoms with Gasteiger partial charge in [0.1, 0.15) is 5.75 Å². The summed E-state index contributed by atoms with van der Waals surface area (Å²) in [6, 6.07) is 8.29. The molecule has 0 radical (unpaired) electrons. The first kappa shape index (κ1) is 9.07. The molecule has 14 heavy (non-hydrogen) atoms. The van der Waals surface area contributed by atoms with Crippen LogP contribution in [-0.2, 0) is 0 Å². The van der Waals surface area contributed by atoms with Crippen LogP contribution in [0.4, 0.5) is 0 Å². The Morgan fingerprint density at radius 1 is 1.07 bits per heavy atom. The van der Waals surface area contributed by atoms with Gasteiger partial charge in [-0.15, -0.1) is 0 Å². The molecule has 0 amide bonds. The summed E-state index contributed by atoms with van der Waals surface area (Å²) in [5.41, 5.74) is 1.32. The zero-order valence-corrected chi connectivity index (χ0v) is 8.31. The summed E-state index contributed by atoms with van der Waals surface area (Å²) in [5.74, 6) is 1.40. The SMILES string of the molecule is CCOc1ccc(C2C=CC=C2)cc1. The molecule has 1 heteroatoms. The molecule has 1 aliphatic carbocycles. The average Bonchev–Trinajstić information content (AvgIpc) is 2.72. The number of ether oxygens (including phenoxy) is 1. The van der Waals surface area contributed by atoms with Crippen molar-refractivity contribution in [1.29, 1.82) is 0 Å². The second kappa shape index (κ2) is 4.14. The van der Waals surface area contributed by atoms with Gasteiger partial charge in [0.15, 0.2) is 0 Å². The van der Waals surface area contributed by atoms with E-state index in [9.17, 15) is 0 Å². The molecule has 1 aromatic carbocycles. The highest BCUT2D eigenvalue weighted by atomic mass is 16.5. The molecular weight excluding hydrogens is 172 g/mol. The van der Waals surface area contributed by atoms with Gasteiger partial charge in [-0.3, -0.25) is 0 Å². The van der Waals surface area contributed by atoms with Crippen molar-refractivity contribution in [3.63, 3.8) is 0 Å². The molecule has 0 fully saturated rings. The van der Waals surface area contributed by atoms with Crippen molar-refractivity contribution in [3.8, 4) is 5.75 Å². The number of rotatable bonds is 3. The molecule has 1 aromatic rings. The van der Waals surface area contributed by atoms with E-state index in [2.05, 4.69) is 36.4 Å². The Morgan fingerprint density at radius 2 is 1.71 bits per heavy atom. The lowest BCUT2D eigenvalue weighted by atomic mass is 10.0. The molecule has 0 spiro atoms. The van der Waals surface area contributed by atoms with Gasteiger partial charge in [-0.1, -0.05) is 36.4 Å². The highest BCUT2D eigenvalue weighted by molar-refractivity contribution is 5.37. The van der Waals surface area contributed by atoms with Gasteiger partial charge >= 0.3 is 0 Å². The van der Waals surface area contributed by atoms with Crippen LogP contribution in [-0.4, -0.2) is 6.61 Å². The van der Waals surface area contributed by atoms with Crippen LogP contribution in [0.1, 0.15) is 18.4 Å². The molecule has 72 valence electrons. The molecule has 0 bridgehead atoms. The molecule has 0 heterocycles. The number of allylic oxidation sites excluding steroid dienone is 4. The minimum atomic E-state index is 0.450. The van der Waals surface area contributed by atoms with E-state index in [-0.39, 0.29) is 0 Å². The predicted molar refractivity (Wildman–Crippen MR) is 58.6 cm³/mol. The molecule has 2 rings (SSSR count). The molecular formula is C13H14O. The maximum Gasteiger partial charge on any atom is 0.119 e. The Balaban J connectivity index is 2.13. The Morgan fingerprint density at radius 3 is 2.29 bits per heavy atom. The van der Waals surface area contributed by atoms with Gasteiger partial charge in [-0.2, -0.15) is 0 Å². The Bertz CT molecular complexity index is 334. The predicted octanol–water partition coefficient (Wildman–Crippen LogP) is 3.29. The minimum Gasteiger partial charge on any atom is -0.494 e. The third kappa shape index (κ3) is 1.87. The highest BCUT2D eigenvalue weighted by Gasteiger charge is 2.06. The van der Waals surface area contributed by atoms with Crippen LogP contribution in [0, 0.1) is 0 Å². The van der Waals surface area contributed by atoms with Gasteiger partial charge in [-0.05, 0) is 24.6 Å². The van der Waals surface area contributed by atoms with E-state index < -0.39 is 0 Å². The molecule has 1 nitrogen and oxygen atoms in total. The summed E-state index contributed by atoms with van der Waals surface area (Å²) in [4.78, 5) is 0. The fraction of sp³-hybridized carbons (Fsp3) is 0.231. The normalized spacial score (nSPS) is 14.9. The van der Waals surface area contributed by atoms with Crippen LogP contribution < -0.4 is 4.74 Å². The monoisotopic (exact) mass is 186 g/mol. The largest absolute Gasteiger partial charge is 0.494 e. The maximum absolute atomic E-state index is 5.39. The van der Waals surface area contributed by atoms with Gasteiger partial charge in [0.2, 0.25) is 0 Å². The first-order chi connectivity index (χ1) is 6.90. The topological polar surface area (TPSA) is 9.23 Å². The van der Waals surface area contributed by atoms with Crippen molar-refractivity contribution in [2.45, 2.75) is 12.8 Å². The third-order valence-corrected chi connectivity index (χ3v) is 2.32. The molecule has 1 aliphatic rings. The quantitative estimate of drug-likeness (QED) is 0.703. The van der Waals surface area contributed by atoms with Crippen LogP contribution in [0.2, 0.25) is 0 Å². The van der Waals surface area contributed by atoms with Gasteiger partial charge in [-0.25, -0.2) is 0 Å². The van der Waals surface area contributed by atoms with Gasteiger partial charge in [0.05, 0.1) is 6.61 Å². The van der Waals surface area contributed by atoms with Crippen LogP contribution in [0.5, 0.6) is 5.75 Å². The molecule has 0 unspecified atom stereocenters. The summed E-state index contributed by atoms with van der Waals surface area (Å²) in [7, 11) is 0. The summed E-state index contributed by atoms with van der Waals surface area (Å²) >= 11 is 0. The third-order valence-electron chi connectivity index (χ3n) is 2.32. The second-order valence-electron chi connectivity index (χ2n) is 3.30. The Kier molecular flexibility index (Phi) is 2.68. The second-order valence-corrected chi connectivity index (χ2v) is 3.30. The molecule has 0 atom stereocenters. The van der Waals surface area contributed by atoms with Crippen molar-refractivity contribution in [1.82, 2.24) is 0 Å². The highest BCUT2D eigenvalue weighted by Crippen LogP contribution is 2.24. The fourth-order valence-electron chi connectivity index (χ4n) is 1.61. The van der Waals surface area contributed by atoms with Crippen molar-refractivity contribution >= 4 is 0 Å². The van der Waals surface area contributed by atoms with Gasteiger partial charge in [0.25, 0.3) is 0 Å². The lowest BCUT2D eigenvalue weighted by Crippen LogP contribution is -1.92. The summed E-state index contributed by atoms with van der Waals surface area (Å²) in [6.07, 6.45) is 8.55. The number of hydrogen-bond donors (Lipinski definition) is 0. The standard InChI is InChI=1S/C13H14O/c1-2-14-13-9-7-12(8-10-13)11-5-3-4-6-11/h3-11H,2H2,1H3. The number of hydrogen-bond acceptors (Lipinski definition) is 1. The maximum atomic E-state index is 5.39. The first-order valence-electron chi connectivity index (χ1n) is 4.98. The summed E-state index contributed by atoms with van der Waals surface area (Å²) in [5, 5.41) is 0. The van der Waals surface area contributed by atoms with Gasteiger partial charge in [0, 0.05) is 5.92 Å². The molecule has 0 saturated heterocycles. The zero-order chi connectivity index (χ0) is 9.80. The summed E-state index contributed by atoms with van der Waals surface area (Å²) in [6.45, 7) is 2.72. The smallest absolute Gasteiger partial charge is 0.119 e. The van der Waals surface area contributed by atoms with E-state index >= 15 is 0 Å². The van der Waals surface area contributed by atoms with Crippen molar-refractivity contribution in [2.75, 3.05) is 6.61 Å². The fourth-order valence-corrected chi connectivity index (χ4v) is 1.61. The Hall–Kier alpha value is -1.50. The molecule has 0 saturated carbocycles. The van der Waals surface area contributed by atoms with E-state index in [0.717, 1.165) is 12.4 Å². The lowest BCUT2D eigenvalue weighted by molar-refractivity contribution is 0.340. The van der Waals surface area contributed by atoms with Crippen molar-refractivity contribution < 1.29 is 4.74 Å². The van der Waals surface area contributed by atoms with E-state index in [1.807, 2.05) is 19.1 Å².